The molecule has 2 aromatic rings. The lowest BCUT2D eigenvalue weighted by atomic mass is 10.1. The zero-order chi connectivity index (χ0) is 14.4. The molecule has 6 heteroatoms. The fourth-order valence-electron chi connectivity index (χ4n) is 2.02. The molecule has 1 unspecified atom stereocenters. The number of nitrogen functional groups attached to an aromatic ring is 1. The Hall–Kier alpha value is -2.34. The molecule has 6 nitrogen and oxygen atoms in total. The number of anilines is 2. The molecule has 1 aromatic heterocycles. The first kappa shape index (κ1) is 14.1. The summed E-state index contributed by atoms with van der Waals surface area (Å²) in [4.78, 5) is 8.20. The number of hydrogen-bond donors (Lipinski definition) is 3. The van der Waals surface area contributed by atoms with Crippen LogP contribution in [0.25, 0.3) is 0 Å². The van der Waals surface area contributed by atoms with Gasteiger partial charge in [-0.25, -0.2) is 15.8 Å². The largest absolute Gasteiger partial charge is 0.490 e. The molecule has 0 bridgehead atoms. The van der Waals surface area contributed by atoms with Crippen molar-refractivity contribution in [2.75, 3.05) is 17.9 Å². The summed E-state index contributed by atoms with van der Waals surface area (Å²) in [5.41, 5.74) is 3.76. The van der Waals surface area contributed by atoms with Gasteiger partial charge < -0.3 is 15.5 Å². The van der Waals surface area contributed by atoms with Gasteiger partial charge in [0.05, 0.1) is 7.11 Å². The van der Waals surface area contributed by atoms with Gasteiger partial charge in [-0.15, -0.1) is 0 Å². The van der Waals surface area contributed by atoms with Gasteiger partial charge in [0.1, 0.15) is 6.33 Å². The molecule has 1 aromatic carbocycles. The summed E-state index contributed by atoms with van der Waals surface area (Å²) in [6, 6.07) is 10.5. The third kappa shape index (κ3) is 3.36. The van der Waals surface area contributed by atoms with Crippen LogP contribution < -0.4 is 21.3 Å². The first-order valence-electron chi connectivity index (χ1n) is 6.40. The minimum Gasteiger partial charge on any atom is -0.490 e. The Kier molecular flexibility index (Phi) is 4.73. The van der Waals surface area contributed by atoms with E-state index in [0.717, 1.165) is 6.42 Å². The molecule has 1 atom stereocenters. The van der Waals surface area contributed by atoms with E-state index in [2.05, 4.69) is 39.8 Å². The highest BCUT2D eigenvalue weighted by Crippen LogP contribution is 2.28. The maximum absolute atomic E-state index is 5.40. The Morgan fingerprint density at radius 1 is 1.20 bits per heavy atom. The summed E-state index contributed by atoms with van der Waals surface area (Å²) in [6.45, 7) is 2.09. The minimum atomic E-state index is 0.201. The van der Waals surface area contributed by atoms with Crippen molar-refractivity contribution in [3.8, 4) is 5.75 Å². The van der Waals surface area contributed by atoms with Crippen molar-refractivity contribution in [1.82, 2.24) is 9.97 Å². The molecule has 20 heavy (non-hydrogen) atoms. The summed E-state index contributed by atoms with van der Waals surface area (Å²) in [6.07, 6.45) is 2.33. The van der Waals surface area contributed by atoms with E-state index >= 15 is 0 Å². The zero-order valence-electron chi connectivity index (χ0n) is 11.6. The van der Waals surface area contributed by atoms with Gasteiger partial charge in [0, 0.05) is 6.04 Å². The molecule has 0 saturated heterocycles. The summed E-state index contributed by atoms with van der Waals surface area (Å²) >= 11 is 0. The van der Waals surface area contributed by atoms with Crippen LogP contribution in [0.15, 0.2) is 36.7 Å². The summed E-state index contributed by atoms with van der Waals surface area (Å²) in [5, 5.41) is 3.31. The third-order valence-electron chi connectivity index (χ3n) is 2.91. The van der Waals surface area contributed by atoms with Crippen LogP contribution in [0.5, 0.6) is 5.75 Å². The van der Waals surface area contributed by atoms with Gasteiger partial charge in [-0.3, -0.25) is 0 Å². The van der Waals surface area contributed by atoms with Crippen molar-refractivity contribution >= 4 is 11.6 Å². The van der Waals surface area contributed by atoms with Crippen LogP contribution in [-0.2, 0) is 6.42 Å². The van der Waals surface area contributed by atoms with Gasteiger partial charge in [0.2, 0.25) is 5.75 Å². The average molecular weight is 273 g/mol. The Morgan fingerprint density at radius 3 is 2.55 bits per heavy atom. The van der Waals surface area contributed by atoms with Crippen LogP contribution in [0.4, 0.5) is 11.6 Å². The number of nitrogens with zero attached hydrogens (tertiary/aromatic N) is 2. The molecular weight excluding hydrogens is 254 g/mol. The van der Waals surface area contributed by atoms with Crippen molar-refractivity contribution in [2.24, 2.45) is 5.84 Å². The zero-order valence-corrected chi connectivity index (χ0v) is 11.6. The van der Waals surface area contributed by atoms with Crippen LogP contribution >= 0.6 is 0 Å². The van der Waals surface area contributed by atoms with E-state index in [1.54, 1.807) is 7.11 Å². The van der Waals surface area contributed by atoms with E-state index in [4.69, 9.17) is 10.6 Å². The molecule has 4 N–H and O–H groups in total. The fraction of sp³-hybridized carbons (Fsp3) is 0.286. The maximum Gasteiger partial charge on any atom is 0.205 e. The monoisotopic (exact) mass is 273 g/mol. The van der Waals surface area contributed by atoms with Crippen molar-refractivity contribution in [3.05, 3.63) is 42.2 Å². The Morgan fingerprint density at radius 2 is 1.90 bits per heavy atom. The highest BCUT2D eigenvalue weighted by molar-refractivity contribution is 5.63. The maximum atomic E-state index is 5.40. The number of benzene rings is 1. The highest BCUT2D eigenvalue weighted by atomic mass is 16.5. The molecule has 0 amide bonds. The lowest BCUT2D eigenvalue weighted by molar-refractivity contribution is 0.414. The second-order valence-corrected chi connectivity index (χ2v) is 4.48. The smallest absolute Gasteiger partial charge is 0.205 e. The van der Waals surface area contributed by atoms with E-state index < -0.39 is 0 Å². The molecule has 0 radical (unpaired) electrons. The summed E-state index contributed by atoms with van der Waals surface area (Å²) in [5.74, 6) is 6.99. The number of hydrogen-bond acceptors (Lipinski definition) is 6. The standard InChI is InChI=1S/C14H19N5O/c1-10(8-11-6-4-3-5-7-11)18-13-12(20-2)14(19-15)17-9-16-13/h3-7,9-10H,8,15H2,1-2H3,(H2,16,17,18,19). The SMILES string of the molecule is COc1c(NN)ncnc1NC(C)Cc1ccccc1. The van der Waals surface area contributed by atoms with Crippen molar-refractivity contribution in [3.63, 3.8) is 0 Å². The van der Waals surface area contributed by atoms with Crippen LogP contribution in [0.1, 0.15) is 12.5 Å². The van der Waals surface area contributed by atoms with E-state index in [9.17, 15) is 0 Å². The van der Waals surface area contributed by atoms with Gasteiger partial charge in [-0.05, 0) is 18.9 Å². The second-order valence-electron chi connectivity index (χ2n) is 4.48. The summed E-state index contributed by atoms with van der Waals surface area (Å²) < 4.78 is 5.29. The summed E-state index contributed by atoms with van der Waals surface area (Å²) in [7, 11) is 1.56. The molecule has 0 fully saturated rings. The van der Waals surface area contributed by atoms with Crippen LogP contribution in [0, 0.1) is 0 Å². The Bertz CT molecular complexity index is 547. The number of hydrazine groups is 1. The normalized spacial score (nSPS) is 11.8. The topological polar surface area (TPSA) is 85.1 Å². The fourth-order valence-corrected chi connectivity index (χ4v) is 2.02. The highest BCUT2D eigenvalue weighted by Gasteiger charge is 2.13. The van der Waals surface area contributed by atoms with Crippen LogP contribution in [0.3, 0.4) is 0 Å². The first-order chi connectivity index (χ1) is 9.74. The van der Waals surface area contributed by atoms with Gasteiger partial charge in [0.15, 0.2) is 11.6 Å². The number of nitrogens with two attached hydrogens (primary N) is 1. The average Bonchev–Trinajstić information content (AvgIpc) is 2.47. The quantitative estimate of drug-likeness (QED) is 0.550. The molecule has 2 rings (SSSR count). The number of methoxy groups -OCH3 is 1. The van der Waals surface area contributed by atoms with Crippen LogP contribution in [0.2, 0.25) is 0 Å². The lowest BCUT2D eigenvalue weighted by Crippen LogP contribution is -2.20. The lowest BCUT2D eigenvalue weighted by Gasteiger charge is -2.17. The van der Waals surface area contributed by atoms with E-state index in [0.29, 0.717) is 17.4 Å². The van der Waals surface area contributed by atoms with Gasteiger partial charge in [-0.1, -0.05) is 30.3 Å². The number of aromatic nitrogens is 2. The molecule has 0 aliphatic carbocycles. The predicted octanol–water partition coefficient (Wildman–Crippen LogP) is 1.81. The van der Waals surface area contributed by atoms with E-state index in [1.807, 2.05) is 18.2 Å². The number of nitrogens with one attached hydrogen (secondary N) is 2. The van der Waals surface area contributed by atoms with E-state index in [1.165, 1.54) is 11.9 Å². The van der Waals surface area contributed by atoms with Crippen LogP contribution in [-0.4, -0.2) is 23.1 Å². The third-order valence-corrected chi connectivity index (χ3v) is 2.91. The molecule has 1 heterocycles. The molecular formula is C14H19N5O. The van der Waals surface area contributed by atoms with E-state index in [-0.39, 0.29) is 6.04 Å². The Balaban J connectivity index is 2.09. The van der Waals surface area contributed by atoms with Crippen molar-refractivity contribution in [1.29, 1.82) is 0 Å². The molecule has 0 saturated carbocycles. The number of rotatable bonds is 6. The van der Waals surface area contributed by atoms with Crippen molar-refractivity contribution < 1.29 is 4.74 Å². The number of ether oxygens (including phenoxy) is 1. The first-order valence-corrected chi connectivity index (χ1v) is 6.40. The molecule has 0 aliphatic heterocycles. The molecule has 0 aliphatic rings. The van der Waals surface area contributed by atoms with Gasteiger partial charge in [0.25, 0.3) is 0 Å². The van der Waals surface area contributed by atoms with Crippen molar-refractivity contribution in [2.45, 2.75) is 19.4 Å². The second kappa shape index (κ2) is 6.72. The Labute approximate surface area is 118 Å². The molecule has 106 valence electrons. The predicted molar refractivity (Wildman–Crippen MR) is 79.6 cm³/mol. The minimum absolute atomic E-state index is 0.201. The van der Waals surface area contributed by atoms with Gasteiger partial charge >= 0.3 is 0 Å². The molecule has 0 spiro atoms. The van der Waals surface area contributed by atoms with Gasteiger partial charge in [-0.2, -0.15) is 0 Å².